The van der Waals surface area contributed by atoms with Crippen molar-refractivity contribution in [1.82, 2.24) is 29.4 Å². The first kappa shape index (κ1) is 20.9. The Labute approximate surface area is 186 Å². The number of ether oxygens (including phenoxy) is 1. The van der Waals surface area contributed by atoms with Crippen LogP contribution in [-0.2, 0) is 0 Å². The molecule has 0 saturated carbocycles. The van der Waals surface area contributed by atoms with E-state index in [0.717, 1.165) is 12.3 Å². The zero-order valence-electron chi connectivity index (χ0n) is 17.4. The normalized spacial score (nSPS) is 18.0. The smallest absolute Gasteiger partial charge is 0.341 e. The van der Waals surface area contributed by atoms with E-state index in [0.29, 0.717) is 17.8 Å². The molecule has 3 aromatic rings. The number of likely N-dealkylation sites (tertiary alicyclic amines) is 1. The second kappa shape index (κ2) is 8.19. The molecule has 0 bridgehead atoms. The van der Waals surface area contributed by atoms with E-state index >= 15 is 0 Å². The Morgan fingerprint density at radius 2 is 1.88 bits per heavy atom. The van der Waals surface area contributed by atoms with Crippen LogP contribution < -0.4 is 4.74 Å². The number of hydrogen-bond donors (Lipinski definition) is 0. The number of aromatic nitrogens is 4. The largest absolute Gasteiger partial charge is 0.468 e. The molecule has 0 N–H and O–H groups in total. The van der Waals surface area contributed by atoms with Crippen molar-refractivity contribution in [3.63, 3.8) is 0 Å². The van der Waals surface area contributed by atoms with Crippen molar-refractivity contribution in [2.24, 2.45) is 5.10 Å². The maximum Gasteiger partial charge on any atom is 0.341 e. The maximum absolute atomic E-state index is 14.2. The summed E-state index contributed by atoms with van der Waals surface area (Å²) in [4.78, 5) is 26.5. The lowest BCUT2D eigenvalue weighted by Crippen LogP contribution is -2.59. The number of carbonyl (C=O) groups is 1. The lowest BCUT2D eigenvalue weighted by Gasteiger charge is -2.40. The molecular formula is C21H18F3N7O2. The van der Waals surface area contributed by atoms with Gasteiger partial charge in [0.05, 0.1) is 25.3 Å². The van der Waals surface area contributed by atoms with E-state index in [1.807, 2.05) is 0 Å². The van der Waals surface area contributed by atoms with Gasteiger partial charge in [-0.1, -0.05) is 0 Å². The summed E-state index contributed by atoms with van der Waals surface area (Å²) in [6, 6.07) is 2.10. The molecule has 1 saturated heterocycles. The van der Waals surface area contributed by atoms with Crippen LogP contribution in [0.25, 0.3) is 5.95 Å². The van der Waals surface area contributed by atoms with E-state index in [1.165, 1.54) is 28.3 Å². The number of aryl methyl sites for hydroxylation is 1. The van der Waals surface area contributed by atoms with E-state index in [2.05, 4.69) is 20.1 Å². The first-order valence-corrected chi connectivity index (χ1v) is 10.1. The van der Waals surface area contributed by atoms with Crippen LogP contribution in [-0.4, -0.2) is 60.9 Å². The molecule has 2 aliphatic rings. The number of urea groups is 1. The van der Waals surface area contributed by atoms with Gasteiger partial charge >= 0.3 is 6.03 Å². The Bertz CT molecular complexity index is 1220. The third-order valence-corrected chi connectivity index (χ3v) is 5.43. The maximum atomic E-state index is 14.2. The topological polar surface area (TPSA) is 88.7 Å². The summed E-state index contributed by atoms with van der Waals surface area (Å²) < 4.78 is 48.7. The van der Waals surface area contributed by atoms with E-state index in [1.54, 1.807) is 23.9 Å². The van der Waals surface area contributed by atoms with Gasteiger partial charge in [0, 0.05) is 31.1 Å². The number of imidazole rings is 1. The average Bonchev–Trinajstić information content (AvgIpc) is 3.39. The number of carbonyl (C=O) groups excluding carboxylic acids is 1. The summed E-state index contributed by atoms with van der Waals surface area (Å²) >= 11 is 0. The van der Waals surface area contributed by atoms with E-state index < -0.39 is 35.6 Å². The molecule has 5 rings (SSSR count). The van der Waals surface area contributed by atoms with Gasteiger partial charge in [0.1, 0.15) is 23.6 Å². The van der Waals surface area contributed by atoms with Crippen LogP contribution >= 0.6 is 0 Å². The minimum atomic E-state index is -0.723. The first-order chi connectivity index (χ1) is 15.9. The molecule has 0 aliphatic carbocycles. The molecule has 1 aromatic carbocycles. The zero-order valence-corrected chi connectivity index (χ0v) is 17.4. The number of benzene rings is 1. The van der Waals surface area contributed by atoms with Crippen LogP contribution in [0, 0.1) is 24.4 Å². The fourth-order valence-electron chi connectivity index (χ4n) is 3.75. The molecule has 2 amide bonds. The fourth-order valence-corrected chi connectivity index (χ4v) is 3.75. The van der Waals surface area contributed by atoms with E-state index in [4.69, 9.17) is 4.74 Å². The Morgan fingerprint density at radius 3 is 2.58 bits per heavy atom. The van der Waals surface area contributed by atoms with Gasteiger partial charge in [-0.25, -0.2) is 28.6 Å². The highest BCUT2D eigenvalue weighted by molar-refractivity contribution is 5.79. The number of rotatable bonds is 4. The minimum absolute atomic E-state index is 0.179. The van der Waals surface area contributed by atoms with Crippen molar-refractivity contribution in [2.75, 3.05) is 13.1 Å². The quantitative estimate of drug-likeness (QED) is 0.601. The second-order valence-corrected chi connectivity index (χ2v) is 7.69. The number of hydrazone groups is 1. The highest BCUT2D eigenvalue weighted by atomic mass is 19.1. The molecule has 1 atom stereocenters. The Kier molecular flexibility index (Phi) is 5.19. The van der Waals surface area contributed by atoms with Crippen molar-refractivity contribution < 1.29 is 22.7 Å². The van der Waals surface area contributed by atoms with Gasteiger partial charge in [-0.3, -0.25) is 4.57 Å². The molecule has 1 unspecified atom stereocenters. The predicted octanol–water partition coefficient (Wildman–Crippen LogP) is 3.00. The third kappa shape index (κ3) is 3.99. The minimum Gasteiger partial charge on any atom is -0.468 e. The molecular weight excluding hydrogens is 439 g/mol. The van der Waals surface area contributed by atoms with Crippen molar-refractivity contribution in [3.05, 3.63) is 65.6 Å². The summed E-state index contributed by atoms with van der Waals surface area (Å²) in [6.07, 6.45) is 5.62. The van der Waals surface area contributed by atoms with Crippen molar-refractivity contribution in [3.8, 4) is 11.8 Å². The molecule has 2 aromatic heterocycles. The van der Waals surface area contributed by atoms with Gasteiger partial charge in [0.2, 0.25) is 11.8 Å². The van der Waals surface area contributed by atoms with Gasteiger partial charge in [-0.2, -0.15) is 14.5 Å². The summed E-state index contributed by atoms with van der Waals surface area (Å²) in [7, 11) is 0. The Hall–Kier alpha value is -3.96. The summed E-state index contributed by atoms with van der Waals surface area (Å²) in [5.74, 6) is -1.55. The predicted molar refractivity (Wildman–Crippen MR) is 109 cm³/mol. The van der Waals surface area contributed by atoms with Crippen LogP contribution in [0.5, 0.6) is 5.88 Å². The molecule has 170 valence electrons. The molecule has 4 heterocycles. The first-order valence-electron chi connectivity index (χ1n) is 10.1. The summed E-state index contributed by atoms with van der Waals surface area (Å²) in [5.41, 5.74) is 0.317. The van der Waals surface area contributed by atoms with Gasteiger partial charge in [0.25, 0.3) is 5.88 Å². The summed E-state index contributed by atoms with van der Waals surface area (Å²) in [5, 5.41) is 5.26. The van der Waals surface area contributed by atoms with Gasteiger partial charge in [0.15, 0.2) is 0 Å². The zero-order chi connectivity index (χ0) is 23.1. The molecule has 33 heavy (non-hydrogen) atoms. The number of nitrogens with zero attached hydrogens (tertiary/aromatic N) is 7. The monoisotopic (exact) mass is 457 g/mol. The van der Waals surface area contributed by atoms with Gasteiger partial charge < -0.3 is 9.64 Å². The SMILES string of the molecule is Cc1nccn1-c1ncc(F)c(OC2CN(C(=O)N3N=CCC3c3cc(F)cc(F)c3)C2)n1. The molecule has 2 aliphatic heterocycles. The van der Waals surface area contributed by atoms with Crippen LogP contribution in [0.4, 0.5) is 18.0 Å². The van der Waals surface area contributed by atoms with Crippen molar-refractivity contribution in [2.45, 2.75) is 25.5 Å². The fraction of sp³-hybridized carbons (Fsp3) is 0.286. The Morgan fingerprint density at radius 1 is 1.12 bits per heavy atom. The Balaban J connectivity index is 1.24. The van der Waals surface area contributed by atoms with Crippen LogP contribution in [0.3, 0.4) is 0 Å². The number of halogens is 3. The molecule has 12 heteroatoms. The highest BCUT2D eigenvalue weighted by Gasteiger charge is 2.39. The van der Waals surface area contributed by atoms with Gasteiger partial charge in [-0.15, -0.1) is 0 Å². The number of amides is 2. The molecule has 1 fully saturated rings. The lowest BCUT2D eigenvalue weighted by atomic mass is 10.0. The van der Waals surface area contributed by atoms with Gasteiger partial charge in [-0.05, 0) is 24.6 Å². The second-order valence-electron chi connectivity index (χ2n) is 7.69. The average molecular weight is 457 g/mol. The molecule has 0 spiro atoms. The van der Waals surface area contributed by atoms with Crippen LogP contribution in [0.15, 0.2) is 41.9 Å². The molecule has 9 nitrogen and oxygen atoms in total. The van der Waals surface area contributed by atoms with E-state index in [9.17, 15) is 18.0 Å². The number of hydrogen-bond acceptors (Lipinski definition) is 6. The van der Waals surface area contributed by atoms with Crippen molar-refractivity contribution in [1.29, 1.82) is 0 Å². The molecule has 0 radical (unpaired) electrons. The third-order valence-electron chi connectivity index (χ3n) is 5.43. The summed E-state index contributed by atoms with van der Waals surface area (Å²) in [6.45, 7) is 2.12. The van der Waals surface area contributed by atoms with Crippen LogP contribution in [0.2, 0.25) is 0 Å². The standard InChI is InChI=1S/C21H18F3N7O2/c1-12-25-4-5-30(12)20-26-9-17(24)19(28-20)33-16-10-29(11-16)21(32)31-18(2-3-27-31)13-6-14(22)8-15(23)7-13/h3-9,16,18H,2,10-11H2,1H3. The highest BCUT2D eigenvalue weighted by Crippen LogP contribution is 2.31. The lowest BCUT2D eigenvalue weighted by molar-refractivity contribution is 0.0229. The van der Waals surface area contributed by atoms with E-state index in [-0.39, 0.29) is 24.9 Å². The van der Waals surface area contributed by atoms with Crippen LogP contribution in [0.1, 0.15) is 23.9 Å². The van der Waals surface area contributed by atoms with Crippen molar-refractivity contribution >= 4 is 12.2 Å².